The highest BCUT2D eigenvalue weighted by Crippen LogP contribution is 2.26. The van der Waals surface area contributed by atoms with E-state index in [0.29, 0.717) is 16.1 Å². The van der Waals surface area contributed by atoms with E-state index in [1.807, 2.05) is 0 Å². The molecule has 0 aliphatic rings. The van der Waals surface area contributed by atoms with Gasteiger partial charge in [-0.2, -0.15) is 0 Å². The van der Waals surface area contributed by atoms with Gasteiger partial charge in [0, 0.05) is 16.8 Å². The van der Waals surface area contributed by atoms with E-state index in [0.717, 1.165) is 6.20 Å². The minimum absolute atomic E-state index is 0.323. The van der Waals surface area contributed by atoms with Crippen LogP contribution in [-0.4, -0.2) is 12.0 Å². The van der Waals surface area contributed by atoms with Gasteiger partial charge in [0.05, 0.1) is 12.2 Å². The maximum Gasteiger partial charge on any atom is 0.141 e. The van der Waals surface area contributed by atoms with Crippen LogP contribution in [0, 0.1) is 11.6 Å². The summed E-state index contributed by atoms with van der Waals surface area (Å²) < 4.78 is 27.0. The average Bonchev–Trinajstić information content (AvgIpc) is 2.33. The van der Waals surface area contributed by atoms with Crippen molar-refractivity contribution in [1.29, 1.82) is 0 Å². The summed E-state index contributed by atoms with van der Waals surface area (Å²) >= 11 is 5.70. The van der Waals surface area contributed by atoms with Gasteiger partial charge in [0.1, 0.15) is 11.6 Å². The third-order valence-electron chi connectivity index (χ3n) is 2.62. The maximum atomic E-state index is 13.8. The molecule has 1 unspecified atom stereocenters. The highest BCUT2D eigenvalue weighted by atomic mass is 35.5. The molecule has 0 amide bonds. The Kier molecular flexibility index (Phi) is 3.89. The fourth-order valence-electron chi connectivity index (χ4n) is 1.82. The molecule has 1 N–H and O–H groups in total. The molecule has 0 aliphatic heterocycles. The number of hydrogen-bond donors (Lipinski definition) is 1. The summed E-state index contributed by atoms with van der Waals surface area (Å²) in [5.74, 6) is -0.895. The molecule has 1 atom stereocenters. The van der Waals surface area contributed by atoms with Crippen molar-refractivity contribution in [2.75, 3.05) is 7.05 Å². The Labute approximate surface area is 109 Å². The Bertz CT molecular complexity index is 560. The molecule has 0 spiro atoms. The summed E-state index contributed by atoms with van der Waals surface area (Å²) in [4.78, 5) is 3.76. The zero-order chi connectivity index (χ0) is 13.1. The fraction of sp³-hybridized carbons (Fsp3) is 0.154. The normalized spacial score (nSPS) is 12.4. The summed E-state index contributed by atoms with van der Waals surface area (Å²) in [5, 5.41) is 3.26. The average molecular weight is 269 g/mol. The molecule has 5 heteroatoms. The van der Waals surface area contributed by atoms with Gasteiger partial charge in [-0.3, -0.25) is 4.98 Å². The first-order valence-electron chi connectivity index (χ1n) is 5.34. The van der Waals surface area contributed by atoms with Gasteiger partial charge in [-0.15, -0.1) is 0 Å². The number of pyridine rings is 1. The highest BCUT2D eigenvalue weighted by Gasteiger charge is 2.17. The lowest BCUT2D eigenvalue weighted by Crippen LogP contribution is -2.19. The molecular weight excluding hydrogens is 258 g/mol. The van der Waals surface area contributed by atoms with Crippen LogP contribution < -0.4 is 5.32 Å². The lowest BCUT2D eigenvalue weighted by Gasteiger charge is -2.17. The molecule has 2 aromatic rings. The minimum atomic E-state index is -0.467. The summed E-state index contributed by atoms with van der Waals surface area (Å²) in [6, 6.07) is 5.25. The van der Waals surface area contributed by atoms with Gasteiger partial charge in [0.25, 0.3) is 0 Å². The zero-order valence-electron chi connectivity index (χ0n) is 9.62. The molecule has 0 bridgehead atoms. The van der Waals surface area contributed by atoms with E-state index in [2.05, 4.69) is 10.3 Å². The number of rotatable bonds is 3. The molecule has 18 heavy (non-hydrogen) atoms. The van der Waals surface area contributed by atoms with Crippen molar-refractivity contribution < 1.29 is 8.78 Å². The van der Waals surface area contributed by atoms with Gasteiger partial charge in [0.2, 0.25) is 0 Å². The molecule has 0 saturated carbocycles. The Hall–Kier alpha value is -1.52. The number of halogens is 3. The smallest absolute Gasteiger partial charge is 0.141 e. The number of hydrogen-bond acceptors (Lipinski definition) is 2. The Morgan fingerprint density at radius 3 is 2.61 bits per heavy atom. The van der Waals surface area contributed by atoms with Crippen molar-refractivity contribution in [2.24, 2.45) is 0 Å². The molecule has 94 valence electrons. The summed E-state index contributed by atoms with van der Waals surface area (Å²) in [7, 11) is 1.67. The van der Waals surface area contributed by atoms with Crippen molar-refractivity contribution in [3.8, 4) is 0 Å². The summed E-state index contributed by atoms with van der Waals surface area (Å²) in [5.41, 5.74) is 0.952. The number of nitrogens with zero attached hydrogens (tertiary/aromatic N) is 1. The molecule has 1 aromatic carbocycles. The Balaban J connectivity index is 2.45. The SMILES string of the molecule is CNC(c1cncc(F)c1)c1ccc(Cl)cc1F. The van der Waals surface area contributed by atoms with Crippen LogP contribution in [0.2, 0.25) is 5.02 Å². The molecular formula is C13H11ClF2N2. The van der Waals surface area contributed by atoms with Gasteiger partial charge in [-0.05, 0) is 30.8 Å². The van der Waals surface area contributed by atoms with E-state index in [9.17, 15) is 8.78 Å². The van der Waals surface area contributed by atoms with Crippen molar-refractivity contribution in [3.63, 3.8) is 0 Å². The molecule has 2 nitrogen and oxygen atoms in total. The highest BCUT2D eigenvalue weighted by molar-refractivity contribution is 6.30. The summed E-state index contributed by atoms with van der Waals surface area (Å²) in [6.45, 7) is 0. The quantitative estimate of drug-likeness (QED) is 0.924. The van der Waals surface area contributed by atoms with Gasteiger partial charge in [0.15, 0.2) is 0 Å². The lowest BCUT2D eigenvalue weighted by molar-refractivity contribution is 0.569. The maximum absolute atomic E-state index is 13.8. The standard InChI is InChI=1S/C13H11ClF2N2/c1-17-13(8-4-10(15)7-18-6-8)11-3-2-9(14)5-12(11)16/h2-7,13,17H,1H3. The molecule has 0 radical (unpaired) electrons. The van der Waals surface area contributed by atoms with Gasteiger partial charge in [-0.25, -0.2) is 8.78 Å². The lowest BCUT2D eigenvalue weighted by atomic mass is 10.00. The van der Waals surface area contributed by atoms with Crippen LogP contribution in [0.1, 0.15) is 17.2 Å². The van der Waals surface area contributed by atoms with Crippen LogP contribution >= 0.6 is 11.6 Å². The molecule has 1 aromatic heterocycles. The van der Waals surface area contributed by atoms with E-state index in [4.69, 9.17) is 11.6 Å². The molecule has 0 fully saturated rings. The predicted octanol–water partition coefficient (Wildman–Crippen LogP) is 3.32. The molecule has 0 aliphatic carbocycles. The number of aromatic nitrogens is 1. The van der Waals surface area contributed by atoms with Crippen LogP contribution in [0.3, 0.4) is 0 Å². The van der Waals surface area contributed by atoms with Crippen LogP contribution in [0.15, 0.2) is 36.7 Å². The van der Waals surface area contributed by atoms with E-state index in [-0.39, 0.29) is 0 Å². The number of benzene rings is 1. The first kappa shape index (κ1) is 12.9. The van der Waals surface area contributed by atoms with Crippen molar-refractivity contribution in [2.45, 2.75) is 6.04 Å². The van der Waals surface area contributed by atoms with Crippen LogP contribution in [0.25, 0.3) is 0 Å². The van der Waals surface area contributed by atoms with Crippen molar-refractivity contribution in [3.05, 3.63) is 64.4 Å². The minimum Gasteiger partial charge on any atom is -0.309 e. The predicted molar refractivity (Wildman–Crippen MR) is 66.5 cm³/mol. The van der Waals surface area contributed by atoms with Crippen LogP contribution in [0.4, 0.5) is 8.78 Å². The fourth-order valence-corrected chi connectivity index (χ4v) is 1.98. The third-order valence-corrected chi connectivity index (χ3v) is 2.86. The summed E-state index contributed by atoms with van der Waals surface area (Å²) in [6.07, 6.45) is 2.60. The van der Waals surface area contributed by atoms with Gasteiger partial charge < -0.3 is 5.32 Å². The second-order valence-corrected chi connectivity index (χ2v) is 4.26. The van der Waals surface area contributed by atoms with E-state index >= 15 is 0 Å². The van der Waals surface area contributed by atoms with Gasteiger partial charge in [-0.1, -0.05) is 17.7 Å². The van der Waals surface area contributed by atoms with Gasteiger partial charge >= 0.3 is 0 Å². The van der Waals surface area contributed by atoms with Crippen molar-refractivity contribution in [1.82, 2.24) is 10.3 Å². The molecule has 0 saturated heterocycles. The Morgan fingerprint density at radius 2 is 2.00 bits per heavy atom. The largest absolute Gasteiger partial charge is 0.309 e. The zero-order valence-corrected chi connectivity index (χ0v) is 10.4. The third kappa shape index (κ3) is 2.66. The monoisotopic (exact) mass is 268 g/mol. The second kappa shape index (κ2) is 5.42. The first-order chi connectivity index (χ1) is 8.61. The van der Waals surface area contributed by atoms with Crippen molar-refractivity contribution >= 4 is 11.6 Å². The van der Waals surface area contributed by atoms with E-state index < -0.39 is 17.7 Å². The van der Waals surface area contributed by atoms with Crippen LogP contribution in [0.5, 0.6) is 0 Å². The van der Waals surface area contributed by atoms with E-state index in [1.165, 1.54) is 18.3 Å². The Morgan fingerprint density at radius 1 is 1.22 bits per heavy atom. The first-order valence-corrected chi connectivity index (χ1v) is 5.72. The van der Waals surface area contributed by atoms with Crippen LogP contribution in [-0.2, 0) is 0 Å². The van der Waals surface area contributed by atoms with E-state index in [1.54, 1.807) is 19.2 Å². The second-order valence-electron chi connectivity index (χ2n) is 3.82. The topological polar surface area (TPSA) is 24.9 Å². The molecule has 1 heterocycles. The number of nitrogens with one attached hydrogen (secondary N) is 1. The molecule has 2 rings (SSSR count).